The van der Waals surface area contributed by atoms with Crippen LogP contribution in [0, 0.1) is 24.1 Å². The molecule has 1 atom stereocenters. The van der Waals surface area contributed by atoms with E-state index in [0.29, 0.717) is 22.6 Å². The van der Waals surface area contributed by atoms with Crippen molar-refractivity contribution in [1.29, 1.82) is 5.26 Å². The summed E-state index contributed by atoms with van der Waals surface area (Å²) in [6, 6.07) is 20.1. The summed E-state index contributed by atoms with van der Waals surface area (Å²) in [5.41, 5.74) is 8.44. The molecule has 3 aromatic carbocycles. The van der Waals surface area contributed by atoms with Crippen molar-refractivity contribution in [3.8, 4) is 23.3 Å². The Labute approximate surface area is 184 Å². The van der Waals surface area contributed by atoms with Crippen LogP contribution in [-0.2, 0) is 4.79 Å². The molecule has 0 radical (unpaired) electrons. The maximum absolute atomic E-state index is 13.4. The highest BCUT2D eigenvalue weighted by Gasteiger charge is 2.31. The van der Waals surface area contributed by atoms with Gasteiger partial charge < -0.3 is 19.9 Å². The van der Waals surface area contributed by atoms with Crippen molar-refractivity contribution in [3.63, 3.8) is 0 Å². The molecule has 0 fully saturated rings. The number of nitrogens with zero attached hydrogens (tertiary/aromatic N) is 1. The highest BCUT2D eigenvalue weighted by molar-refractivity contribution is 5.74. The van der Waals surface area contributed by atoms with Crippen LogP contribution in [0.4, 0.5) is 4.39 Å². The smallest absolute Gasteiger partial charge is 0.349 e. The fourth-order valence-electron chi connectivity index (χ4n) is 3.51. The first kappa shape index (κ1) is 20.9. The van der Waals surface area contributed by atoms with Gasteiger partial charge in [0.25, 0.3) is 0 Å². The van der Waals surface area contributed by atoms with Gasteiger partial charge in [0.15, 0.2) is 6.61 Å². The average molecular weight is 430 g/mol. The number of benzene rings is 3. The van der Waals surface area contributed by atoms with E-state index in [1.54, 1.807) is 30.3 Å². The summed E-state index contributed by atoms with van der Waals surface area (Å²) in [6.45, 7) is 1.62. The third-order valence-corrected chi connectivity index (χ3v) is 5.06. The molecule has 0 aliphatic carbocycles. The minimum Gasteiger partial charge on any atom is -0.482 e. The van der Waals surface area contributed by atoms with Crippen molar-refractivity contribution in [2.24, 2.45) is 5.73 Å². The molecule has 0 aromatic heterocycles. The minimum atomic E-state index is -0.583. The van der Waals surface area contributed by atoms with Crippen molar-refractivity contribution < 1.29 is 23.4 Å². The van der Waals surface area contributed by atoms with Gasteiger partial charge in [0.1, 0.15) is 34.7 Å². The lowest BCUT2D eigenvalue weighted by Crippen LogP contribution is -2.21. The summed E-state index contributed by atoms with van der Waals surface area (Å²) in [5, 5.41) is 9.59. The van der Waals surface area contributed by atoms with E-state index in [0.717, 1.165) is 5.56 Å². The number of carbonyl (C=O) groups is 1. The highest BCUT2D eigenvalue weighted by Crippen LogP contribution is 2.43. The first-order chi connectivity index (χ1) is 15.5. The Bertz CT molecular complexity index is 1250. The van der Waals surface area contributed by atoms with Crippen LogP contribution in [0.1, 0.15) is 22.6 Å². The van der Waals surface area contributed by atoms with Gasteiger partial charge in [-0.05, 0) is 42.3 Å². The molecule has 3 aromatic rings. The average Bonchev–Trinajstić information content (AvgIpc) is 2.78. The number of esters is 1. The second-order valence-corrected chi connectivity index (χ2v) is 7.20. The number of rotatable bonds is 5. The number of nitrogens with two attached hydrogens (primary N) is 1. The molecule has 6 nitrogen and oxygen atoms in total. The molecule has 0 saturated heterocycles. The standard InChI is InChI=1S/C25H19FN2O4/c1-15-4-2-3-5-21(15)30-14-23(29)31-18-10-11-19-22(12-18)32-25(28)20(13-27)24(19)16-6-8-17(26)9-7-16/h2-12,24H,14,28H2,1H3. The zero-order valence-corrected chi connectivity index (χ0v) is 17.2. The number of hydrogen-bond acceptors (Lipinski definition) is 6. The van der Waals surface area contributed by atoms with Crippen LogP contribution >= 0.6 is 0 Å². The van der Waals surface area contributed by atoms with E-state index in [1.807, 2.05) is 25.1 Å². The predicted molar refractivity (Wildman–Crippen MR) is 114 cm³/mol. The van der Waals surface area contributed by atoms with Crippen molar-refractivity contribution >= 4 is 5.97 Å². The zero-order valence-electron chi connectivity index (χ0n) is 17.2. The molecule has 1 aliphatic heterocycles. The minimum absolute atomic E-state index is 0.0549. The number of hydrogen-bond donors (Lipinski definition) is 1. The summed E-state index contributed by atoms with van der Waals surface area (Å²) < 4.78 is 29.9. The summed E-state index contributed by atoms with van der Waals surface area (Å²) in [7, 11) is 0. The second-order valence-electron chi connectivity index (χ2n) is 7.20. The van der Waals surface area contributed by atoms with Crippen LogP contribution in [0.3, 0.4) is 0 Å². The zero-order chi connectivity index (χ0) is 22.7. The fourth-order valence-corrected chi connectivity index (χ4v) is 3.51. The molecule has 32 heavy (non-hydrogen) atoms. The number of allylic oxidation sites excluding steroid dienone is 1. The normalized spacial score (nSPS) is 14.7. The predicted octanol–water partition coefficient (Wildman–Crippen LogP) is 4.34. The van der Waals surface area contributed by atoms with E-state index in [1.165, 1.54) is 18.2 Å². The van der Waals surface area contributed by atoms with Crippen molar-refractivity contribution in [1.82, 2.24) is 0 Å². The number of halogens is 1. The van der Waals surface area contributed by atoms with E-state index < -0.39 is 11.9 Å². The van der Waals surface area contributed by atoms with Gasteiger partial charge in [-0.2, -0.15) is 5.26 Å². The summed E-state index contributed by atoms with van der Waals surface area (Å²) in [5.74, 6) is -0.359. The molecular formula is C25H19FN2O4. The van der Waals surface area contributed by atoms with Gasteiger partial charge in [-0.1, -0.05) is 36.4 Å². The SMILES string of the molecule is Cc1ccccc1OCC(=O)Oc1ccc2c(c1)OC(N)=C(C#N)C2c1ccc(F)cc1. The number of para-hydroxylation sites is 1. The van der Waals surface area contributed by atoms with Gasteiger partial charge in [0, 0.05) is 11.6 Å². The molecule has 0 saturated carbocycles. The Kier molecular flexibility index (Phi) is 5.77. The van der Waals surface area contributed by atoms with Gasteiger partial charge in [0.05, 0.1) is 5.92 Å². The highest BCUT2D eigenvalue weighted by atomic mass is 19.1. The third kappa shape index (κ3) is 4.25. The van der Waals surface area contributed by atoms with Gasteiger partial charge in [-0.25, -0.2) is 9.18 Å². The molecular weight excluding hydrogens is 411 g/mol. The maximum Gasteiger partial charge on any atom is 0.349 e. The van der Waals surface area contributed by atoms with E-state index in [9.17, 15) is 14.4 Å². The lowest BCUT2D eigenvalue weighted by atomic mass is 9.83. The van der Waals surface area contributed by atoms with Crippen LogP contribution in [-0.4, -0.2) is 12.6 Å². The second kappa shape index (κ2) is 8.82. The topological polar surface area (TPSA) is 94.6 Å². The van der Waals surface area contributed by atoms with Crippen LogP contribution in [0.5, 0.6) is 17.2 Å². The van der Waals surface area contributed by atoms with Gasteiger partial charge in [-0.3, -0.25) is 0 Å². The Morgan fingerprint density at radius 2 is 1.91 bits per heavy atom. The summed E-state index contributed by atoms with van der Waals surface area (Å²) in [6.07, 6.45) is 0. The van der Waals surface area contributed by atoms with Gasteiger partial charge in [0.2, 0.25) is 5.88 Å². The fraction of sp³-hybridized carbons (Fsp3) is 0.120. The van der Waals surface area contributed by atoms with Gasteiger partial charge >= 0.3 is 5.97 Å². The number of ether oxygens (including phenoxy) is 3. The molecule has 1 heterocycles. The Balaban J connectivity index is 1.55. The quantitative estimate of drug-likeness (QED) is 0.478. The Morgan fingerprint density at radius 3 is 2.62 bits per heavy atom. The monoisotopic (exact) mass is 430 g/mol. The molecule has 4 rings (SSSR count). The Morgan fingerprint density at radius 1 is 1.16 bits per heavy atom. The molecule has 2 N–H and O–H groups in total. The first-order valence-corrected chi connectivity index (χ1v) is 9.82. The van der Waals surface area contributed by atoms with Crippen molar-refractivity contribution in [2.45, 2.75) is 12.8 Å². The van der Waals surface area contributed by atoms with E-state index in [4.69, 9.17) is 19.9 Å². The van der Waals surface area contributed by atoms with Crippen LogP contribution in [0.15, 0.2) is 78.2 Å². The largest absolute Gasteiger partial charge is 0.482 e. The number of fused-ring (bicyclic) bond motifs is 1. The lowest BCUT2D eigenvalue weighted by molar-refractivity contribution is -0.136. The third-order valence-electron chi connectivity index (χ3n) is 5.06. The molecule has 0 bridgehead atoms. The summed E-state index contributed by atoms with van der Waals surface area (Å²) in [4.78, 5) is 12.2. The van der Waals surface area contributed by atoms with E-state index in [2.05, 4.69) is 6.07 Å². The van der Waals surface area contributed by atoms with Crippen LogP contribution < -0.4 is 19.9 Å². The van der Waals surface area contributed by atoms with Gasteiger partial charge in [-0.15, -0.1) is 0 Å². The number of carbonyl (C=O) groups excluding carboxylic acids is 1. The van der Waals surface area contributed by atoms with Crippen LogP contribution in [0.25, 0.3) is 0 Å². The molecule has 0 amide bonds. The van der Waals surface area contributed by atoms with Crippen molar-refractivity contribution in [2.75, 3.05) is 6.61 Å². The van der Waals surface area contributed by atoms with Crippen molar-refractivity contribution in [3.05, 3.63) is 101 Å². The lowest BCUT2D eigenvalue weighted by Gasteiger charge is -2.26. The number of aryl methyl sites for hydroxylation is 1. The maximum atomic E-state index is 13.4. The summed E-state index contributed by atoms with van der Waals surface area (Å²) >= 11 is 0. The van der Waals surface area contributed by atoms with E-state index in [-0.39, 0.29) is 29.6 Å². The molecule has 0 spiro atoms. The molecule has 160 valence electrons. The first-order valence-electron chi connectivity index (χ1n) is 9.82. The molecule has 1 aliphatic rings. The Hall–Kier alpha value is -4.31. The molecule has 1 unspecified atom stereocenters. The van der Waals surface area contributed by atoms with E-state index >= 15 is 0 Å². The molecule has 7 heteroatoms. The van der Waals surface area contributed by atoms with Crippen LogP contribution in [0.2, 0.25) is 0 Å². The number of nitriles is 1.